The Hall–Kier alpha value is -0.520. The second kappa shape index (κ2) is 3.75. The molecule has 0 aliphatic heterocycles. The molecule has 0 radical (unpaired) electrons. The van der Waals surface area contributed by atoms with Gasteiger partial charge >= 0.3 is 0 Å². The van der Waals surface area contributed by atoms with Gasteiger partial charge in [-0.3, -0.25) is 0 Å². The number of nitroso groups, excluding NO2 is 1. The molecule has 0 saturated carbocycles. The predicted octanol–water partition coefficient (Wildman–Crippen LogP) is 2.70. The van der Waals surface area contributed by atoms with E-state index >= 15 is 0 Å². The summed E-state index contributed by atoms with van der Waals surface area (Å²) < 4.78 is 13.6. The Bertz CT molecular complexity index is 257. The molecular formula is C7H5FINO. The van der Waals surface area contributed by atoms with Crippen LogP contribution in [0.3, 0.4) is 0 Å². The highest BCUT2D eigenvalue weighted by atomic mass is 127. The zero-order valence-electron chi connectivity index (χ0n) is 5.55. The second-order valence-corrected chi connectivity index (χ2v) is 3.15. The Morgan fingerprint density at radius 1 is 1.55 bits per heavy atom. The van der Waals surface area contributed by atoms with Crippen LogP contribution in [0.2, 0.25) is 0 Å². The molecule has 4 heteroatoms. The molecule has 0 bridgehead atoms. The molecule has 0 unspecified atom stereocenters. The van der Waals surface area contributed by atoms with Crippen molar-refractivity contribution in [3.05, 3.63) is 38.1 Å². The normalized spacial score (nSPS) is 9.64. The third-order valence-corrected chi connectivity index (χ3v) is 2.30. The fourth-order valence-corrected chi connectivity index (χ4v) is 1.38. The van der Waals surface area contributed by atoms with Gasteiger partial charge in [-0.25, -0.2) is 4.39 Å². The maximum absolute atomic E-state index is 12.8. The van der Waals surface area contributed by atoms with Crippen molar-refractivity contribution in [2.24, 2.45) is 5.18 Å². The maximum atomic E-state index is 12.8. The highest BCUT2D eigenvalue weighted by Crippen LogP contribution is 2.16. The van der Waals surface area contributed by atoms with Crippen molar-refractivity contribution < 1.29 is 4.39 Å². The lowest BCUT2D eigenvalue weighted by molar-refractivity contribution is 0.609. The van der Waals surface area contributed by atoms with Gasteiger partial charge in [0.05, 0.1) is 0 Å². The molecule has 0 spiro atoms. The largest absolute Gasteiger partial charge is 0.207 e. The fourth-order valence-electron chi connectivity index (χ4n) is 0.748. The minimum Gasteiger partial charge on any atom is -0.207 e. The highest BCUT2D eigenvalue weighted by Gasteiger charge is 2.04. The minimum atomic E-state index is -0.364. The molecule has 11 heavy (non-hydrogen) atoms. The Balaban J connectivity index is 3.09. The van der Waals surface area contributed by atoms with Crippen LogP contribution in [0.1, 0.15) is 5.56 Å². The van der Waals surface area contributed by atoms with Gasteiger partial charge in [0.15, 0.2) is 0 Å². The molecule has 0 fully saturated rings. The van der Waals surface area contributed by atoms with Gasteiger partial charge in [-0.05, 0) is 34.7 Å². The van der Waals surface area contributed by atoms with Gasteiger partial charge < -0.3 is 0 Å². The van der Waals surface area contributed by atoms with Crippen LogP contribution in [0.4, 0.5) is 4.39 Å². The first-order valence-corrected chi connectivity index (χ1v) is 4.05. The summed E-state index contributed by atoms with van der Waals surface area (Å²) in [6.45, 7) is -0.0923. The van der Waals surface area contributed by atoms with Gasteiger partial charge in [0.1, 0.15) is 12.4 Å². The average molecular weight is 265 g/mol. The van der Waals surface area contributed by atoms with Crippen molar-refractivity contribution >= 4 is 22.6 Å². The van der Waals surface area contributed by atoms with Gasteiger partial charge in [-0.15, -0.1) is 0 Å². The quantitative estimate of drug-likeness (QED) is 0.597. The molecule has 0 atom stereocenters. The average Bonchev–Trinajstić information content (AvgIpc) is 1.97. The number of rotatable bonds is 2. The van der Waals surface area contributed by atoms with E-state index < -0.39 is 0 Å². The highest BCUT2D eigenvalue weighted by molar-refractivity contribution is 14.1. The summed E-state index contributed by atoms with van der Waals surface area (Å²) >= 11 is 1.97. The zero-order chi connectivity index (χ0) is 8.27. The molecule has 0 aliphatic rings. The Labute approximate surface area is 76.9 Å². The first-order valence-electron chi connectivity index (χ1n) is 2.97. The molecule has 1 rings (SSSR count). The van der Waals surface area contributed by atoms with Crippen molar-refractivity contribution in [2.45, 2.75) is 6.54 Å². The summed E-state index contributed by atoms with van der Waals surface area (Å²) in [4.78, 5) is 9.86. The molecular weight excluding hydrogens is 260 g/mol. The summed E-state index contributed by atoms with van der Waals surface area (Å²) in [5.41, 5.74) is 0.378. The number of hydrogen-bond donors (Lipinski definition) is 0. The van der Waals surface area contributed by atoms with E-state index in [0.29, 0.717) is 5.56 Å². The Kier molecular flexibility index (Phi) is 2.92. The van der Waals surface area contributed by atoms with Crippen LogP contribution in [0.25, 0.3) is 0 Å². The van der Waals surface area contributed by atoms with Crippen molar-refractivity contribution in [3.8, 4) is 0 Å². The molecule has 1 aromatic carbocycles. The standard InChI is InChI=1S/C7H5FINO/c8-6-2-1-3-7(9)5(6)4-10-11/h1-3H,4H2. The first-order chi connectivity index (χ1) is 5.25. The molecule has 0 saturated heterocycles. The molecule has 0 amide bonds. The van der Waals surface area contributed by atoms with Crippen LogP contribution in [0, 0.1) is 14.3 Å². The van der Waals surface area contributed by atoms with E-state index in [1.54, 1.807) is 12.1 Å². The van der Waals surface area contributed by atoms with Crippen LogP contribution in [0.15, 0.2) is 23.4 Å². The summed E-state index contributed by atoms with van der Waals surface area (Å²) in [5, 5.41) is 2.63. The SMILES string of the molecule is O=NCc1c(F)cccc1I. The molecule has 0 aliphatic carbocycles. The first kappa shape index (κ1) is 8.58. The van der Waals surface area contributed by atoms with E-state index in [1.807, 2.05) is 22.6 Å². The van der Waals surface area contributed by atoms with Crippen molar-refractivity contribution in [1.29, 1.82) is 0 Å². The molecule has 0 heterocycles. The monoisotopic (exact) mass is 265 g/mol. The summed E-state index contributed by atoms with van der Waals surface area (Å²) in [7, 11) is 0. The third-order valence-electron chi connectivity index (χ3n) is 1.28. The van der Waals surface area contributed by atoms with E-state index in [4.69, 9.17) is 0 Å². The van der Waals surface area contributed by atoms with Gasteiger partial charge in [0.25, 0.3) is 0 Å². The number of benzene rings is 1. The number of nitrogens with zero attached hydrogens (tertiary/aromatic N) is 1. The molecule has 58 valence electrons. The number of halogens is 2. The molecule has 0 N–H and O–H groups in total. The van der Waals surface area contributed by atoms with Gasteiger partial charge in [0, 0.05) is 9.13 Å². The van der Waals surface area contributed by atoms with Crippen LogP contribution in [-0.4, -0.2) is 0 Å². The minimum absolute atomic E-state index is 0.0923. The van der Waals surface area contributed by atoms with E-state index in [9.17, 15) is 9.30 Å². The van der Waals surface area contributed by atoms with Gasteiger partial charge in [0.2, 0.25) is 0 Å². The Morgan fingerprint density at radius 3 is 2.82 bits per heavy atom. The summed E-state index contributed by atoms with van der Waals surface area (Å²) in [6, 6.07) is 4.66. The Morgan fingerprint density at radius 2 is 2.27 bits per heavy atom. The topological polar surface area (TPSA) is 29.4 Å². The van der Waals surface area contributed by atoms with Crippen molar-refractivity contribution in [1.82, 2.24) is 0 Å². The van der Waals surface area contributed by atoms with Crippen LogP contribution < -0.4 is 0 Å². The summed E-state index contributed by atoms with van der Waals surface area (Å²) in [5.74, 6) is -0.364. The molecule has 2 nitrogen and oxygen atoms in total. The van der Waals surface area contributed by atoms with Crippen molar-refractivity contribution in [3.63, 3.8) is 0 Å². The molecule has 0 aromatic heterocycles. The zero-order valence-corrected chi connectivity index (χ0v) is 7.71. The lowest BCUT2D eigenvalue weighted by atomic mass is 10.2. The van der Waals surface area contributed by atoms with Crippen LogP contribution in [0.5, 0.6) is 0 Å². The lowest BCUT2D eigenvalue weighted by Gasteiger charge is -1.99. The lowest BCUT2D eigenvalue weighted by Crippen LogP contribution is -1.91. The van der Waals surface area contributed by atoms with Gasteiger partial charge in [-0.2, -0.15) is 4.91 Å². The van der Waals surface area contributed by atoms with E-state index in [1.165, 1.54) is 6.07 Å². The third kappa shape index (κ3) is 1.95. The van der Waals surface area contributed by atoms with Crippen LogP contribution >= 0.6 is 22.6 Å². The van der Waals surface area contributed by atoms with Gasteiger partial charge in [-0.1, -0.05) is 11.2 Å². The second-order valence-electron chi connectivity index (χ2n) is 1.99. The van der Waals surface area contributed by atoms with E-state index in [-0.39, 0.29) is 12.4 Å². The molecule has 1 aromatic rings. The fraction of sp³-hybridized carbons (Fsp3) is 0.143. The predicted molar refractivity (Wildman–Crippen MR) is 48.6 cm³/mol. The maximum Gasteiger partial charge on any atom is 0.129 e. The number of hydrogen-bond acceptors (Lipinski definition) is 2. The van der Waals surface area contributed by atoms with E-state index in [2.05, 4.69) is 5.18 Å². The van der Waals surface area contributed by atoms with Crippen molar-refractivity contribution in [2.75, 3.05) is 0 Å². The van der Waals surface area contributed by atoms with E-state index in [0.717, 1.165) is 3.57 Å². The van der Waals surface area contributed by atoms with Crippen LogP contribution in [-0.2, 0) is 6.54 Å². The smallest absolute Gasteiger partial charge is 0.129 e. The summed E-state index contributed by atoms with van der Waals surface area (Å²) in [6.07, 6.45) is 0.